The number of rotatable bonds is 4. The van der Waals surface area contributed by atoms with E-state index in [1.54, 1.807) is 0 Å². The third kappa shape index (κ3) is 4.15. The Balaban J connectivity index is 1.40. The zero-order chi connectivity index (χ0) is 21.2. The molecule has 1 aliphatic rings. The van der Waals surface area contributed by atoms with E-state index in [4.69, 9.17) is 10.7 Å². The SMILES string of the molecule is CN1CCN(c2ccc(Nc3ncc4cccc(-c5cccc(N)c5)c4n3)cc2)CC1. The first kappa shape index (κ1) is 19.3. The number of hydrogen-bond acceptors (Lipinski definition) is 6. The first-order valence-electron chi connectivity index (χ1n) is 10.6. The fourth-order valence-corrected chi connectivity index (χ4v) is 4.00. The molecule has 6 heteroatoms. The molecular formula is C25H26N6. The number of likely N-dealkylation sites (N-methyl/N-ethyl adjacent to an activating group) is 1. The van der Waals surface area contributed by atoms with E-state index in [1.165, 1.54) is 5.69 Å². The van der Waals surface area contributed by atoms with Gasteiger partial charge in [-0.2, -0.15) is 0 Å². The van der Waals surface area contributed by atoms with Crippen LogP contribution in [0, 0.1) is 0 Å². The molecule has 1 fully saturated rings. The van der Waals surface area contributed by atoms with Crippen LogP contribution in [0.25, 0.3) is 22.0 Å². The number of para-hydroxylation sites is 1. The van der Waals surface area contributed by atoms with Crippen LogP contribution in [-0.2, 0) is 0 Å². The summed E-state index contributed by atoms with van der Waals surface area (Å²) in [6.07, 6.45) is 1.86. The summed E-state index contributed by atoms with van der Waals surface area (Å²) in [5, 5.41) is 4.35. The van der Waals surface area contributed by atoms with Gasteiger partial charge in [-0.3, -0.25) is 0 Å². The lowest BCUT2D eigenvalue weighted by Crippen LogP contribution is -2.44. The molecule has 31 heavy (non-hydrogen) atoms. The fourth-order valence-electron chi connectivity index (χ4n) is 4.00. The summed E-state index contributed by atoms with van der Waals surface area (Å²) in [6.45, 7) is 4.31. The minimum atomic E-state index is 0.580. The van der Waals surface area contributed by atoms with Crippen LogP contribution in [0.3, 0.4) is 0 Å². The Hall–Kier alpha value is -3.64. The van der Waals surface area contributed by atoms with Crippen molar-refractivity contribution in [2.75, 3.05) is 49.2 Å². The Morgan fingerprint density at radius 3 is 2.45 bits per heavy atom. The number of nitrogens with zero attached hydrogens (tertiary/aromatic N) is 4. The lowest BCUT2D eigenvalue weighted by molar-refractivity contribution is 0.313. The predicted octanol–water partition coefficient (Wildman–Crippen LogP) is 4.37. The summed E-state index contributed by atoms with van der Waals surface area (Å²) in [5.41, 5.74) is 11.9. The summed E-state index contributed by atoms with van der Waals surface area (Å²) < 4.78 is 0. The van der Waals surface area contributed by atoms with Gasteiger partial charge < -0.3 is 20.9 Å². The number of nitrogens with two attached hydrogens (primary N) is 1. The molecule has 0 spiro atoms. The second-order valence-electron chi connectivity index (χ2n) is 8.02. The molecule has 3 aromatic carbocycles. The van der Waals surface area contributed by atoms with Crippen LogP contribution in [-0.4, -0.2) is 48.1 Å². The number of anilines is 4. The molecule has 5 rings (SSSR count). The van der Waals surface area contributed by atoms with Gasteiger partial charge in [0, 0.05) is 60.4 Å². The highest BCUT2D eigenvalue weighted by molar-refractivity contribution is 5.94. The maximum atomic E-state index is 5.99. The number of piperazine rings is 1. The monoisotopic (exact) mass is 410 g/mol. The van der Waals surface area contributed by atoms with Gasteiger partial charge in [-0.05, 0) is 49.0 Å². The summed E-state index contributed by atoms with van der Waals surface area (Å²) in [6, 6.07) is 22.5. The average molecular weight is 411 g/mol. The van der Waals surface area contributed by atoms with Crippen LogP contribution >= 0.6 is 0 Å². The maximum absolute atomic E-state index is 5.99. The van der Waals surface area contributed by atoms with Gasteiger partial charge in [0.15, 0.2) is 0 Å². The fraction of sp³-hybridized carbons (Fsp3) is 0.200. The lowest BCUT2D eigenvalue weighted by Gasteiger charge is -2.34. The molecule has 0 saturated carbocycles. The van der Waals surface area contributed by atoms with E-state index in [0.717, 1.165) is 59.6 Å². The zero-order valence-corrected chi connectivity index (χ0v) is 17.6. The highest BCUT2D eigenvalue weighted by atomic mass is 15.2. The molecule has 0 aliphatic carbocycles. The van der Waals surface area contributed by atoms with Crippen LogP contribution in [0.1, 0.15) is 0 Å². The molecule has 3 N–H and O–H groups in total. The van der Waals surface area contributed by atoms with Gasteiger partial charge in [0.05, 0.1) is 5.52 Å². The van der Waals surface area contributed by atoms with E-state index in [2.05, 4.69) is 63.5 Å². The predicted molar refractivity (Wildman–Crippen MR) is 129 cm³/mol. The van der Waals surface area contributed by atoms with Gasteiger partial charge >= 0.3 is 0 Å². The summed E-state index contributed by atoms with van der Waals surface area (Å²) in [5.74, 6) is 0.580. The highest BCUT2D eigenvalue weighted by Crippen LogP contribution is 2.29. The molecule has 4 aromatic rings. The number of aromatic nitrogens is 2. The summed E-state index contributed by atoms with van der Waals surface area (Å²) >= 11 is 0. The average Bonchev–Trinajstić information content (AvgIpc) is 2.80. The second kappa shape index (κ2) is 8.24. The highest BCUT2D eigenvalue weighted by Gasteiger charge is 2.14. The first-order valence-corrected chi connectivity index (χ1v) is 10.6. The first-order chi connectivity index (χ1) is 15.2. The van der Waals surface area contributed by atoms with E-state index in [0.29, 0.717) is 5.95 Å². The van der Waals surface area contributed by atoms with E-state index < -0.39 is 0 Å². The van der Waals surface area contributed by atoms with Crippen LogP contribution in [0.2, 0.25) is 0 Å². The molecule has 2 heterocycles. The third-order valence-electron chi connectivity index (χ3n) is 5.80. The Kier molecular flexibility index (Phi) is 5.14. The molecule has 0 bridgehead atoms. The van der Waals surface area contributed by atoms with Crippen molar-refractivity contribution in [3.63, 3.8) is 0 Å². The minimum Gasteiger partial charge on any atom is -0.399 e. The molecule has 1 aliphatic heterocycles. The number of benzene rings is 3. The van der Waals surface area contributed by atoms with E-state index in [-0.39, 0.29) is 0 Å². The van der Waals surface area contributed by atoms with Crippen molar-refractivity contribution in [2.45, 2.75) is 0 Å². The topological polar surface area (TPSA) is 70.3 Å². The van der Waals surface area contributed by atoms with Crippen molar-refractivity contribution in [1.82, 2.24) is 14.9 Å². The minimum absolute atomic E-state index is 0.580. The van der Waals surface area contributed by atoms with Crippen molar-refractivity contribution in [1.29, 1.82) is 0 Å². The molecule has 0 unspecified atom stereocenters. The van der Waals surface area contributed by atoms with Gasteiger partial charge in [-0.25, -0.2) is 9.97 Å². The van der Waals surface area contributed by atoms with Gasteiger partial charge in [-0.1, -0.05) is 30.3 Å². The smallest absolute Gasteiger partial charge is 0.227 e. The van der Waals surface area contributed by atoms with Gasteiger partial charge in [-0.15, -0.1) is 0 Å². The molecule has 6 nitrogen and oxygen atoms in total. The Labute approximate surface area is 182 Å². The number of fused-ring (bicyclic) bond motifs is 1. The van der Waals surface area contributed by atoms with Crippen LogP contribution in [0.5, 0.6) is 0 Å². The molecule has 0 atom stereocenters. The molecular weight excluding hydrogens is 384 g/mol. The van der Waals surface area contributed by atoms with E-state index >= 15 is 0 Å². The second-order valence-corrected chi connectivity index (χ2v) is 8.02. The molecule has 0 radical (unpaired) electrons. The van der Waals surface area contributed by atoms with E-state index in [9.17, 15) is 0 Å². The Bertz CT molecular complexity index is 1200. The molecule has 156 valence electrons. The van der Waals surface area contributed by atoms with Crippen molar-refractivity contribution in [3.8, 4) is 11.1 Å². The quantitative estimate of drug-likeness (QED) is 0.487. The van der Waals surface area contributed by atoms with E-state index in [1.807, 2.05) is 36.5 Å². The Morgan fingerprint density at radius 1 is 0.903 bits per heavy atom. The van der Waals surface area contributed by atoms with Crippen molar-refractivity contribution in [2.24, 2.45) is 0 Å². The molecule has 1 aromatic heterocycles. The standard InChI is InChI=1S/C25H26N6/c1-30-12-14-31(15-13-30)22-10-8-21(9-11-22)28-25-27-17-19-5-3-7-23(24(19)29-25)18-4-2-6-20(26)16-18/h2-11,16-17H,12-15,26H2,1H3,(H,27,28,29). The Morgan fingerprint density at radius 2 is 1.68 bits per heavy atom. The lowest BCUT2D eigenvalue weighted by atomic mass is 10.0. The number of nitrogens with one attached hydrogen (secondary N) is 1. The molecule has 1 saturated heterocycles. The summed E-state index contributed by atoms with van der Waals surface area (Å²) in [7, 11) is 2.17. The number of hydrogen-bond donors (Lipinski definition) is 2. The van der Waals surface area contributed by atoms with Crippen molar-refractivity contribution < 1.29 is 0 Å². The maximum Gasteiger partial charge on any atom is 0.227 e. The third-order valence-corrected chi connectivity index (χ3v) is 5.80. The van der Waals surface area contributed by atoms with Crippen molar-refractivity contribution >= 4 is 33.9 Å². The van der Waals surface area contributed by atoms with Crippen molar-refractivity contribution in [3.05, 3.63) is 72.9 Å². The van der Waals surface area contributed by atoms with Gasteiger partial charge in [0.1, 0.15) is 0 Å². The zero-order valence-electron chi connectivity index (χ0n) is 17.6. The van der Waals surface area contributed by atoms with Crippen LogP contribution in [0.4, 0.5) is 23.0 Å². The molecule has 0 amide bonds. The van der Waals surface area contributed by atoms with Crippen LogP contribution in [0.15, 0.2) is 72.9 Å². The van der Waals surface area contributed by atoms with Crippen LogP contribution < -0.4 is 16.0 Å². The summed E-state index contributed by atoms with van der Waals surface area (Å²) in [4.78, 5) is 14.1. The number of nitrogen functional groups attached to an aromatic ring is 1. The van der Waals surface area contributed by atoms with Gasteiger partial charge in [0.2, 0.25) is 5.95 Å². The van der Waals surface area contributed by atoms with Gasteiger partial charge in [0.25, 0.3) is 0 Å². The largest absolute Gasteiger partial charge is 0.399 e. The normalized spacial score (nSPS) is 14.7.